The van der Waals surface area contributed by atoms with Gasteiger partial charge in [0.1, 0.15) is 17.3 Å². The zero-order valence-corrected chi connectivity index (χ0v) is 20.5. The molecule has 1 saturated heterocycles. The Morgan fingerprint density at radius 2 is 1.22 bits per heavy atom. The fraction of sp³-hybridized carbons (Fsp3) is 0.824. The Bertz CT molecular complexity index is 495. The van der Waals surface area contributed by atoms with E-state index in [-0.39, 0.29) is 35.5 Å². The van der Waals surface area contributed by atoms with Crippen LogP contribution in [0.25, 0.3) is 5.32 Å². The van der Waals surface area contributed by atoms with Gasteiger partial charge in [-0.05, 0) is 60.7 Å². The first kappa shape index (κ1) is 27.5. The van der Waals surface area contributed by atoms with Crippen molar-refractivity contribution >= 4 is 45.3 Å². The molecule has 0 amide bonds. The Hall–Kier alpha value is 0.474. The van der Waals surface area contributed by atoms with Crippen molar-refractivity contribution in [3.05, 3.63) is 5.32 Å². The van der Waals surface area contributed by atoms with Crippen LogP contribution in [0.5, 0.6) is 0 Å². The molecule has 1 heterocycles. The average molecular weight is 479 g/mol. The van der Waals surface area contributed by atoms with Gasteiger partial charge in [0.15, 0.2) is 0 Å². The molecule has 0 bridgehead atoms. The number of likely N-dealkylation sites (N-methyl/N-ethyl adjacent to an activating group) is 2. The van der Waals surface area contributed by atoms with Crippen molar-refractivity contribution in [1.82, 2.24) is 9.80 Å². The summed E-state index contributed by atoms with van der Waals surface area (Å²) in [5.41, 5.74) is 0. The van der Waals surface area contributed by atoms with Crippen LogP contribution >= 0.6 is 27.9 Å². The van der Waals surface area contributed by atoms with Gasteiger partial charge < -0.3 is 10.1 Å². The third-order valence-corrected chi connectivity index (χ3v) is 4.73. The molecule has 1 aliphatic rings. The number of ketones is 3. The average Bonchev–Trinajstić information content (AvgIpc) is 2.51. The molecule has 3 unspecified atom stereocenters. The first-order valence-corrected chi connectivity index (χ1v) is 15.3. The SMILES string of the molecule is CC(=O)C1CCN(C)C(C(C)=O)CCN(C)C(C(C)=O)CC[N-]1.[Cl][Ti+]([Cl])[Cl]. The second-order valence-electron chi connectivity index (χ2n) is 6.83. The molecule has 0 aromatic heterocycles. The van der Waals surface area contributed by atoms with Crippen LogP contribution in [0.1, 0.15) is 40.0 Å². The summed E-state index contributed by atoms with van der Waals surface area (Å²) in [5.74, 6) is 0.267. The normalized spacial score (nSPS) is 26.0. The number of hydrogen-bond donors (Lipinski definition) is 0. The molecule has 1 rings (SSSR count). The monoisotopic (exact) mass is 477 g/mol. The summed E-state index contributed by atoms with van der Waals surface area (Å²) in [6.07, 6.45) is 1.93. The first-order chi connectivity index (χ1) is 12.5. The van der Waals surface area contributed by atoms with Gasteiger partial charge in [0.2, 0.25) is 0 Å². The molecule has 10 heteroatoms. The number of rotatable bonds is 3. The Morgan fingerprint density at radius 3 is 1.63 bits per heavy atom. The van der Waals surface area contributed by atoms with E-state index in [9.17, 15) is 14.4 Å². The van der Waals surface area contributed by atoms with Gasteiger partial charge in [-0.1, -0.05) is 6.04 Å². The predicted molar refractivity (Wildman–Crippen MR) is 108 cm³/mol. The predicted octanol–water partition coefficient (Wildman–Crippen LogP) is 3.35. The fourth-order valence-electron chi connectivity index (χ4n) is 3.21. The van der Waals surface area contributed by atoms with Crippen LogP contribution in [0.4, 0.5) is 0 Å². The number of nitrogens with zero attached hydrogens (tertiary/aromatic N) is 3. The molecular weight excluding hydrogens is 448 g/mol. The molecule has 1 fully saturated rings. The van der Waals surface area contributed by atoms with Crippen molar-refractivity contribution < 1.29 is 29.1 Å². The molecule has 0 aromatic rings. The second kappa shape index (κ2) is 14.5. The minimum atomic E-state index is -1.92. The van der Waals surface area contributed by atoms with Crippen molar-refractivity contribution in [2.24, 2.45) is 0 Å². The summed E-state index contributed by atoms with van der Waals surface area (Å²) in [6.45, 7) is 6.61. The Kier molecular flexibility index (Phi) is 14.7. The molecule has 27 heavy (non-hydrogen) atoms. The third-order valence-electron chi connectivity index (χ3n) is 4.73. The minimum absolute atomic E-state index is 0.0440. The molecule has 6 nitrogen and oxygen atoms in total. The van der Waals surface area contributed by atoms with Gasteiger partial charge >= 0.3 is 42.6 Å². The molecule has 156 valence electrons. The summed E-state index contributed by atoms with van der Waals surface area (Å²) in [7, 11) is 18.7. The number of carbonyl (C=O) groups is 3. The van der Waals surface area contributed by atoms with E-state index in [1.165, 1.54) is 0 Å². The van der Waals surface area contributed by atoms with Gasteiger partial charge in [-0.2, -0.15) is 0 Å². The van der Waals surface area contributed by atoms with Gasteiger partial charge in [0.25, 0.3) is 0 Å². The molecular formula is C17H30Cl3N3O3Ti. The van der Waals surface area contributed by atoms with Crippen molar-refractivity contribution in [2.75, 3.05) is 33.7 Å². The van der Waals surface area contributed by atoms with Crippen molar-refractivity contribution in [3.63, 3.8) is 0 Å². The van der Waals surface area contributed by atoms with Gasteiger partial charge in [0, 0.05) is 6.54 Å². The zero-order chi connectivity index (χ0) is 21.1. The van der Waals surface area contributed by atoms with Crippen LogP contribution in [0, 0.1) is 0 Å². The van der Waals surface area contributed by atoms with E-state index >= 15 is 0 Å². The zero-order valence-electron chi connectivity index (χ0n) is 16.7. The van der Waals surface area contributed by atoms with Crippen LogP contribution in [0.3, 0.4) is 0 Å². The van der Waals surface area contributed by atoms with Crippen molar-refractivity contribution in [1.29, 1.82) is 0 Å². The van der Waals surface area contributed by atoms with Gasteiger partial charge in [-0.15, -0.1) is 6.54 Å². The van der Waals surface area contributed by atoms with E-state index < -0.39 is 14.7 Å². The van der Waals surface area contributed by atoms with E-state index in [2.05, 4.69) is 5.32 Å². The molecule has 0 N–H and O–H groups in total. The van der Waals surface area contributed by atoms with Crippen molar-refractivity contribution in [3.8, 4) is 0 Å². The Balaban J connectivity index is 0.00000153. The summed E-state index contributed by atoms with van der Waals surface area (Å²) in [6, 6.07) is -0.733. The molecule has 0 aromatic carbocycles. The summed E-state index contributed by atoms with van der Waals surface area (Å²) >= 11 is -1.92. The van der Waals surface area contributed by atoms with E-state index in [4.69, 9.17) is 27.9 Å². The van der Waals surface area contributed by atoms with Crippen LogP contribution < -0.4 is 0 Å². The third kappa shape index (κ3) is 11.9. The summed E-state index contributed by atoms with van der Waals surface area (Å²) in [4.78, 5) is 39.6. The summed E-state index contributed by atoms with van der Waals surface area (Å²) in [5, 5.41) is 4.49. The van der Waals surface area contributed by atoms with Gasteiger partial charge in [-0.25, -0.2) is 0 Å². The maximum atomic E-state index is 11.9. The number of hydrogen-bond acceptors (Lipinski definition) is 5. The van der Waals surface area contributed by atoms with Gasteiger partial charge in [-0.3, -0.25) is 19.4 Å². The molecule has 3 atom stereocenters. The molecule has 1 aliphatic heterocycles. The Labute approximate surface area is 180 Å². The molecule has 0 spiro atoms. The van der Waals surface area contributed by atoms with Crippen LogP contribution in [0.15, 0.2) is 0 Å². The van der Waals surface area contributed by atoms with Gasteiger partial charge in [0.05, 0.1) is 12.1 Å². The van der Waals surface area contributed by atoms with Crippen molar-refractivity contribution in [2.45, 2.75) is 58.2 Å². The van der Waals surface area contributed by atoms with E-state index in [0.29, 0.717) is 38.9 Å². The standard InChI is InChI=1S/C17H30N3O3.3ClH.Ti/c1-12(21)15-7-10-19(4)17(14(3)23)8-11-20(5)16(13(2)22)6-9-18-15;;;;/h15-17H,6-11H2,1-5H3;3*1H;/q-1;;;;+4/p-3. The van der Waals surface area contributed by atoms with E-state index in [0.717, 1.165) is 0 Å². The fourth-order valence-corrected chi connectivity index (χ4v) is 3.21. The van der Waals surface area contributed by atoms with E-state index in [1.807, 2.05) is 23.9 Å². The maximum absolute atomic E-state index is 11.9. The van der Waals surface area contributed by atoms with E-state index in [1.54, 1.807) is 20.8 Å². The first-order valence-electron chi connectivity index (χ1n) is 8.89. The van der Waals surface area contributed by atoms with Crippen LogP contribution in [-0.2, 0) is 29.1 Å². The second-order valence-corrected chi connectivity index (χ2v) is 14.6. The number of halogens is 3. The molecule has 0 radical (unpaired) electrons. The number of carbonyl (C=O) groups excluding carboxylic acids is 3. The topological polar surface area (TPSA) is 71.8 Å². The quantitative estimate of drug-likeness (QED) is 0.582. The van der Waals surface area contributed by atoms with Crippen LogP contribution in [-0.4, -0.2) is 79.0 Å². The Morgan fingerprint density at radius 1 is 0.815 bits per heavy atom. The summed E-state index contributed by atoms with van der Waals surface area (Å²) < 4.78 is 0. The molecule has 0 saturated carbocycles. The number of Topliss-reactive ketones (excluding diaryl/α,β-unsaturated/α-hetero) is 3. The van der Waals surface area contributed by atoms with Crippen LogP contribution in [0.2, 0.25) is 0 Å². The molecule has 0 aliphatic carbocycles.